The van der Waals surface area contributed by atoms with Gasteiger partial charge >= 0.3 is 0 Å². The molecule has 5 atom stereocenters. The molecule has 5 unspecified atom stereocenters. The van der Waals surface area contributed by atoms with E-state index in [1.165, 1.54) is 5.57 Å². The average molecular weight is 583 g/mol. The molecule has 9 heteroatoms. The summed E-state index contributed by atoms with van der Waals surface area (Å²) in [4.78, 5) is 55.4. The number of ether oxygens (including phenoxy) is 3. The van der Waals surface area contributed by atoms with Gasteiger partial charge in [-0.1, -0.05) is 37.6 Å². The number of nitrogens with one attached hydrogen (secondary N) is 1. The largest absolute Gasteiger partial charge is 0.497 e. The Labute approximate surface area is 249 Å². The molecule has 1 amide bonds. The lowest BCUT2D eigenvalue weighted by molar-refractivity contribution is -0.134. The third-order valence-corrected chi connectivity index (χ3v) is 8.66. The maximum Gasteiger partial charge on any atom is 0.223 e. The van der Waals surface area contributed by atoms with Gasteiger partial charge in [0.1, 0.15) is 17.1 Å². The van der Waals surface area contributed by atoms with Crippen LogP contribution in [-0.2, 0) is 35.1 Å². The molecule has 230 valence electrons. The van der Waals surface area contributed by atoms with Gasteiger partial charge in [-0.25, -0.2) is 0 Å². The highest BCUT2D eigenvalue weighted by molar-refractivity contribution is 5.97. The fourth-order valence-electron chi connectivity index (χ4n) is 5.86. The van der Waals surface area contributed by atoms with E-state index >= 15 is 0 Å². The quantitative estimate of drug-likeness (QED) is 0.233. The first-order valence-corrected chi connectivity index (χ1v) is 15.2. The van der Waals surface area contributed by atoms with Gasteiger partial charge in [-0.15, -0.1) is 0 Å². The van der Waals surface area contributed by atoms with Crippen molar-refractivity contribution in [2.24, 2.45) is 17.8 Å². The predicted molar refractivity (Wildman–Crippen MR) is 158 cm³/mol. The lowest BCUT2D eigenvalue weighted by Crippen LogP contribution is -2.46. The lowest BCUT2D eigenvalue weighted by atomic mass is 9.83. The van der Waals surface area contributed by atoms with E-state index < -0.39 is 23.5 Å². The average Bonchev–Trinajstić information content (AvgIpc) is 3.60. The number of Topliss-reactive ketones (excluding diaryl/α,β-unsaturated/α-hetero) is 3. The summed E-state index contributed by atoms with van der Waals surface area (Å²) < 4.78 is 16.1. The number of methoxy groups -OCH3 is 1. The monoisotopic (exact) mass is 582 g/mol. The van der Waals surface area contributed by atoms with Crippen molar-refractivity contribution in [1.82, 2.24) is 10.2 Å². The molecular formula is C33H46N2O7. The number of carbonyl (C=O) groups is 4. The molecular weight excluding hydrogens is 536 g/mol. The molecule has 1 aromatic rings. The molecule has 4 rings (SSSR count). The number of rotatable bonds is 16. The van der Waals surface area contributed by atoms with Crippen molar-refractivity contribution in [2.75, 3.05) is 46.6 Å². The Morgan fingerprint density at radius 3 is 2.38 bits per heavy atom. The number of benzene rings is 1. The normalized spacial score (nSPS) is 24.3. The van der Waals surface area contributed by atoms with Crippen molar-refractivity contribution >= 4 is 23.3 Å². The van der Waals surface area contributed by atoms with Gasteiger partial charge < -0.3 is 19.5 Å². The smallest absolute Gasteiger partial charge is 0.223 e. The number of carbonyl (C=O) groups excluding carboxylic acids is 4. The summed E-state index contributed by atoms with van der Waals surface area (Å²) in [7, 11) is 1.59. The molecule has 9 nitrogen and oxygen atoms in total. The minimum absolute atomic E-state index is 0.0139. The summed E-state index contributed by atoms with van der Waals surface area (Å²) in [6.45, 7) is 8.91. The second kappa shape index (κ2) is 14.5. The van der Waals surface area contributed by atoms with Gasteiger partial charge in [-0.2, -0.15) is 0 Å². The van der Waals surface area contributed by atoms with E-state index in [4.69, 9.17) is 14.2 Å². The SMILES string of the molecule is COc1ccc(CC(NC(=O)C(C)CC(=O)CN2CCOCC2)C(=O)CC(CC2=CC(C)CC2)C(=O)C2(C)CO2)cc1. The minimum Gasteiger partial charge on any atom is -0.497 e. The molecule has 0 bridgehead atoms. The van der Waals surface area contributed by atoms with Crippen LogP contribution in [0.3, 0.4) is 0 Å². The molecule has 3 aliphatic rings. The third kappa shape index (κ3) is 9.06. The Morgan fingerprint density at radius 1 is 1.10 bits per heavy atom. The highest BCUT2D eigenvalue weighted by Crippen LogP contribution is 2.36. The molecule has 2 saturated heterocycles. The number of epoxide rings is 1. The molecule has 1 N–H and O–H groups in total. The van der Waals surface area contributed by atoms with E-state index in [2.05, 4.69) is 18.3 Å². The number of amides is 1. The number of nitrogens with zero attached hydrogens (tertiary/aromatic N) is 1. The molecule has 2 heterocycles. The maximum absolute atomic E-state index is 13.9. The fraction of sp³-hybridized carbons (Fsp3) is 0.636. The van der Waals surface area contributed by atoms with E-state index in [1.807, 2.05) is 29.2 Å². The summed E-state index contributed by atoms with van der Waals surface area (Å²) >= 11 is 0. The number of allylic oxidation sites excluding steroid dienone is 2. The highest BCUT2D eigenvalue weighted by Gasteiger charge is 2.50. The van der Waals surface area contributed by atoms with Crippen LogP contribution >= 0.6 is 0 Å². The summed E-state index contributed by atoms with van der Waals surface area (Å²) in [6.07, 6.45) is 5.12. The van der Waals surface area contributed by atoms with Gasteiger partial charge in [0.2, 0.25) is 5.91 Å². The first-order chi connectivity index (χ1) is 20.1. The fourth-order valence-corrected chi connectivity index (χ4v) is 5.86. The Bertz CT molecular complexity index is 1150. The molecule has 0 spiro atoms. The van der Waals surface area contributed by atoms with Gasteiger partial charge in [-0.3, -0.25) is 24.1 Å². The molecule has 42 heavy (non-hydrogen) atoms. The molecule has 1 aliphatic carbocycles. The molecule has 1 aromatic carbocycles. The summed E-state index contributed by atoms with van der Waals surface area (Å²) in [5, 5.41) is 2.94. The molecule has 0 radical (unpaired) electrons. The van der Waals surface area contributed by atoms with Crippen LogP contribution in [0, 0.1) is 17.8 Å². The van der Waals surface area contributed by atoms with E-state index in [9.17, 15) is 19.2 Å². The summed E-state index contributed by atoms with van der Waals surface area (Å²) in [6, 6.07) is 6.54. The van der Waals surface area contributed by atoms with Crippen molar-refractivity contribution < 1.29 is 33.4 Å². The zero-order valence-electron chi connectivity index (χ0n) is 25.5. The Hall–Kier alpha value is -2.88. The number of hydrogen-bond donors (Lipinski definition) is 1. The van der Waals surface area contributed by atoms with E-state index in [0.717, 1.165) is 18.4 Å². The Balaban J connectivity index is 1.45. The molecule has 0 saturated carbocycles. The zero-order valence-corrected chi connectivity index (χ0v) is 25.5. The molecule has 0 aromatic heterocycles. The topological polar surface area (TPSA) is 115 Å². The van der Waals surface area contributed by atoms with Crippen molar-refractivity contribution in [3.63, 3.8) is 0 Å². The van der Waals surface area contributed by atoms with Crippen LogP contribution in [0.1, 0.15) is 58.4 Å². The van der Waals surface area contributed by atoms with Crippen LogP contribution in [0.15, 0.2) is 35.9 Å². The van der Waals surface area contributed by atoms with E-state index in [-0.39, 0.29) is 49.1 Å². The summed E-state index contributed by atoms with van der Waals surface area (Å²) in [5.41, 5.74) is 1.24. The van der Waals surface area contributed by atoms with Gasteiger partial charge in [-0.05, 0) is 56.2 Å². The highest BCUT2D eigenvalue weighted by atomic mass is 16.6. The van der Waals surface area contributed by atoms with Crippen LogP contribution in [0.4, 0.5) is 0 Å². The maximum atomic E-state index is 13.9. The van der Waals surface area contributed by atoms with Crippen molar-refractivity contribution in [1.29, 1.82) is 0 Å². The van der Waals surface area contributed by atoms with Crippen LogP contribution in [-0.4, -0.2) is 86.4 Å². The minimum atomic E-state index is -0.834. The zero-order chi connectivity index (χ0) is 30.3. The molecule has 2 aliphatic heterocycles. The van der Waals surface area contributed by atoms with Gasteiger partial charge in [0, 0.05) is 37.8 Å². The Kier molecular flexibility index (Phi) is 11.1. The first kappa shape index (κ1) is 32.0. The molecule has 2 fully saturated rings. The third-order valence-electron chi connectivity index (χ3n) is 8.66. The van der Waals surface area contributed by atoms with Gasteiger partial charge in [0.25, 0.3) is 0 Å². The Morgan fingerprint density at radius 2 is 1.79 bits per heavy atom. The standard InChI is InChI=1S/C33H46N2O7/c1-22-5-6-25(15-22)17-26(31(38)33(3)21-42-33)19-30(37)29(18-24-7-9-28(40-4)10-8-24)34-32(39)23(2)16-27(36)20-35-11-13-41-14-12-35/h7-10,15,22-23,26,29H,5-6,11-14,16-21H2,1-4H3,(H,34,39). The van der Waals surface area contributed by atoms with E-state index in [1.54, 1.807) is 21.0 Å². The number of hydrogen-bond acceptors (Lipinski definition) is 8. The van der Waals surface area contributed by atoms with Gasteiger partial charge in [0.05, 0.1) is 39.5 Å². The first-order valence-electron chi connectivity index (χ1n) is 15.2. The lowest BCUT2D eigenvalue weighted by Gasteiger charge is -2.26. The van der Waals surface area contributed by atoms with Crippen LogP contribution < -0.4 is 10.1 Å². The number of morpholine rings is 1. The van der Waals surface area contributed by atoms with Crippen LogP contribution in [0.5, 0.6) is 5.75 Å². The van der Waals surface area contributed by atoms with Crippen LogP contribution in [0.25, 0.3) is 0 Å². The van der Waals surface area contributed by atoms with E-state index in [0.29, 0.717) is 51.0 Å². The van der Waals surface area contributed by atoms with Crippen LogP contribution in [0.2, 0.25) is 0 Å². The van der Waals surface area contributed by atoms with Crippen molar-refractivity contribution in [3.05, 3.63) is 41.5 Å². The number of ketones is 3. The van der Waals surface area contributed by atoms with Crippen molar-refractivity contribution in [3.8, 4) is 5.75 Å². The van der Waals surface area contributed by atoms with Crippen molar-refractivity contribution in [2.45, 2.75) is 70.9 Å². The second-order valence-electron chi connectivity index (χ2n) is 12.4. The summed E-state index contributed by atoms with van der Waals surface area (Å²) in [5.74, 6) is -0.539. The van der Waals surface area contributed by atoms with Gasteiger partial charge in [0.15, 0.2) is 11.6 Å². The predicted octanol–water partition coefficient (Wildman–Crippen LogP) is 3.33. The second-order valence-corrected chi connectivity index (χ2v) is 12.4.